The molecule has 0 aliphatic carbocycles. The van der Waals surface area contributed by atoms with Crippen molar-refractivity contribution in [1.29, 1.82) is 0 Å². The van der Waals surface area contributed by atoms with Gasteiger partial charge in [0.1, 0.15) is 0 Å². The van der Waals surface area contributed by atoms with Crippen LogP contribution in [-0.4, -0.2) is 29.9 Å². The monoisotopic (exact) mass is 254 g/mol. The van der Waals surface area contributed by atoms with Crippen LogP contribution in [0, 0.1) is 11.8 Å². The molecule has 0 saturated carbocycles. The normalized spacial score (nSPS) is 26.1. The van der Waals surface area contributed by atoms with Crippen LogP contribution in [0.5, 0.6) is 0 Å². The molecule has 106 valence electrons. The lowest BCUT2D eigenvalue weighted by Gasteiger charge is -2.38. The summed E-state index contributed by atoms with van der Waals surface area (Å²) in [7, 11) is 0. The molecule has 1 amide bonds. The first-order valence-electron chi connectivity index (χ1n) is 7.68. The lowest BCUT2D eigenvalue weighted by atomic mass is 9.89. The highest BCUT2D eigenvalue weighted by Gasteiger charge is 2.30. The molecule has 1 aliphatic rings. The Kier molecular flexibility index (Phi) is 6.69. The average Bonchev–Trinajstić information content (AvgIpc) is 2.40. The third-order valence-corrected chi connectivity index (χ3v) is 4.38. The van der Waals surface area contributed by atoms with Gasteiger partial charge in [-0.3, -0.25) is 4.79 Å². The SMILES string of the molecule is CCCCC(CC)C(=O)N1CCC(N)C(CC)C1. The second kappa shape index (κ2) is 7.78. The zero-order chi connectivity index (χ0) is 13.5. The first-order valence-corrected chi connectivity index (χ1v) is 7.68. The number of carbonyl (C=O) groups excluding carboxylic acids is 1. The highest BCUT2D eigenvalue weighted by Crippen LogP contribution is 2.23. The van der Waals surface area contributed by atoms with Crippen LogP contribution in [0.15, 0.2) is 0 Å². The fraction of sp³-hybridized carbons (Fsp3) is 0.933. The summed E-state index contributed by atoms with van der Waals surface area (Å²) in [5.41, 5.74) is 6.10. The summed E-state index contributed by atoms with van der Waals surface area (Å²) < 4.78 is 0. The van der Waals surface area contributed by atoms with Crippen molar-refractivity contribution in [3.05, 3.63) is 0 Å². The van der Waals surface area contributed by atoms with Gasteiger partial charge < -0.3 is 10.6 Å². The van der Waals surface area contributed by atoms with Gasteiger partial charge in [-0.25, -0.2) is 0 Å². The van der Waals surface area contributed by atoms with Gasteiger partial charge in [-0.1, -0.05) is 40.0 Å². The lowest BCUT2D eigenvalue weighted by molar-refractivity contribution is -0.138. The van der Waals surface area contributed by atoms with Gasteiger partial charge >= 0.3 is 0 Å². The molecule has 2 N–H and O–H groups in total. The predicted molar refractivity (Wildman–Crippen MR) is 76.3 cm³/mol. The first kappa shape index (κ1) is 15.5. The van der Waals surface area contributed by atoms with Crippen LogP contribution in [0.3, 0.4) is 0 Å². The van der Waals surface area contributed by atoms with Crippen molar-refractivity contribution in [3.8, 4) is 0 Å². The van der Waals surface area contributed by atoms with Crippen molar-refractivity contribution in [2.45, 2.75) is 65.3 Å². The Morgan fingerprint density at radius 2 is 2.11 bits per heavy atom. The Balaban J connectivity index is 2.54. The molecular formula is C15H30N2O. The molecule has 3 heteroatoms. The van der Waals surface area contributed by atoms with E-state index in [0.29, 0.717) is 11.8 Å². The zero-order valence-electron chi connectivity index (χ0n) is 12.3. The molecular weight excluding hydrogens is 224 g/mol. The maximum Gasteiger partial charge on any atom is 0.225 e. The van der Waals surface area contributed by atoms with E-state index in [9.17, 15) is 4.79 Å². The maximum absolute atomic E-state index is 12.5. The molecule has 0 aromatic rings. The van der Waals surface area contributed by atoms with Crippen LogP contribution in [0.4, 0.5) is 0 Å². The quantitative estimate of drug-likeness (QED) is 0.792. The van der Waals surface area contributed by atoms with Gasteiger partial charge in [0.2, 0.25) is 5.91 Å². The zero-order valence-corrected chi connectivity index (χ0v) is 12.3. The second-order valence-corrected chi connectivity index (χ2v) is 5.65. The molecule has 0 radical (unpaired) electrons. The first-order chi connectivity index (χ1) is 8.63. The molecule has 1 fully saturated rings. The molecule has 1 aliphatic heterocycles. The van der Waals surface area contributed by atoms with E-state index in [0.717, 1.165) is 45.2 Å². The Bertz CT molecular complexity index is 255. The summed E-state index contributed by atoms with van der Waals surface area (Å²) in [6.07, 6.45) is 6.40. The molecule has 0 bridgehead atoms. The molecule has 1 saturated heterocycles. The fourth-order valence-electron chi connectivity index (χ4n) is 2.89. The van der Waals surface area contributed by atoms with E-state index < -0.39 is 0 Å². The van der Waals surface area contributed by atoms with Crippen molar-refractivity contribution in [2.24, 2.45) is 17.6 Å². The van der Waals surface area contributed by atoms with Crippen molar-refractivity contribution in [1.82, 2.24) is 4.90 Å². The second-order valence-electron chi connectivity index (χ2n) is 5.65. The molecule has 0 aromatic heterocycles. The van der Waals surface area contributed by atoms with Crippen LogP contribution in [0.25, 0.3) is 0 Å². The highest BCUT2D eigenvalue weighted by atomic mass is 16.2. The molecule has 3 unspecified atom stereocenters. The number of likely N-dealkylation sites (tertiary alicyclic amines) is 1. The van der Waals surface area contributed by atoms with Crippen molar-refractivity contribution < 1.29 is 4.79 Å². The van der Waals surface area contributed by atoms with E-state index in [4.69, 9.17) is 5.73 Å². The van der Waals surface area contributed by atoms with Gasteiger partial charge in [0, 0.05) is 25.0 Å². The minimum Gasteiger partial charge on any atom is -0.342 e. The topological polar surface area (TPSA) is 46.3 Å². The van der Waals surface area contributed by atoms with Gasteiger partial charge in [0.15, 0.2) is 0 Å². The Labute approximate surface area is 112 Å². The highest BCUT2D eigenvalue weighted by molar-refractivity contribution is 5.78. The van der Waals surface area contributed by atoms with Crippen LogP contribution in [0.2, 0.25) is 0 Å². The van der Waals surface area contributed by atoms with Crippen LogP contribution in [0.1, 0.15) is 59.3 Å². The van der Waals surface area contributed by atoms with Crippen molar-refractivity contribution in [3.63, 3.8) is 0 Å². The number of unbranched alkanes of at least 4 members (excludes halogenated alkanes) is 1. The molecule has 1 heterocycles. The average molecular weight is 254 g/mol. The summed E-state index contributed by atoms with van der Waals surface area (Å²) in [4.78, 5) is 14.6. The Hall–Kier alpha value is -0.570. The van der Waals surface area contributed by atoms with Crippen molar-refractivity contribution >= 4 is 5.91 Å². The number of hydrogen-bond donors (Lipinski definition) is 1. The van der Waals surface area contributed by atoms with E-state index in [1.165, 1.54) is 6.42 Å². The van der Waals surface area contributed by atoms with Gasteiger partial charge in [-0.2, -0.15) is 0 Å². The van der Waals surface area contributed by atoms with Crippen LogP contribution < -0.4 is 5.73 Å². The molecule has 0 spiro atoms. The van der Waals surface area contributed by atoms with E-state index >= 15 is 0 Å². The number of nitrogens with two attached hydrogens (primary N) is 1. The van der Waals surface area contributed by atoms with Crippen LogP contribution in [-0.2, 0) is 4.79 Å². The summed E-state index contributed by atoms with van der Waals surface area (Å²) in [6, 6.07) is 0.287. The summed E-state index contributed by atoms with van der Waals surface area (Å²) in [6.45, 7) is 8.22. The summed E-state index contributed by atoms with van der Waals surface area (Å²) >= 11 is 0. The van der Waals surface area contributed by atoms with Gasteiger partial charge in [-0.15, -0.1) is 0 Å². The summed E-state index contributed by atoms with van der Waals surface area (Å²) in [5.74, 6) is 1.10. The number of hydrogen-bond acceptors (Lipinski definition) is 2. The molecule has 1 rings (SSSR count). The summed E-state index contributed by atoms with van der Waals surface area (Å²) in [5, 5.41) is 0. The Morgan fingerprint density at radius 1 is 1.39 bits per heavy atom. The number of carbonyl (C=O) groups is 1. The van der Waals surface area contributed by atoms with Gasteiger partial charge in [0.05, 0.1) is 0 Å². The molecule has 3 nitrogen and oxygen atoms in total. The van der Waals surface area contributed by atoms with E-state index in [2.05, 4.69) is 25.7 Å². The minimum absolute atomic E-state index is 0.233. The number of rotatable bonds is 6. The van der Waals surface area contributed by atoms with E-state index in [1.54, 1.807) is 0 Å². The minimum atomic E-state index is 0.233. The predicted octanol–water partition coefficient (Wildman–Crippen LogP) is 2.79. The standard InChI is InChI=1S/C15H30N2O/c1-4-7-8-12(5-2)15(18)17-10-9-14(16)13(6-3)11-17/h12-14H,4-11,16H2,1-3H3. The number of amides is 1. The number of nitrogens with zero attached hydrogens (tertiary/aromatic N) is 1. The van der Waals surface area contributed by atoms with Crippen molar-refractivity contribution in [2.75, 3.05) is 13.1 Å². The molecule has 18 heavy (non-hydrogen) atoms. The smallest absolute Gasteiger partial charge is 0.225 e. The third kappa shape index (κ3) is 3.98. The van der Waals surface area contributed by atoms with Gasteiger partial charge in [-0.05, 0) is 25.2 Å². The third-order valence-electron chi connectivity index (χ3n) is 4.38. The molecule has 0 aromatic carbocycles. The Morgan fingerprint density at radius 3 is 2.67 bits per heavy atom. The lowest BCUT2D eigenvalue weighted by Crippen LogP contribution is -2.50. The van der Waals surface area contributed by atoms with Crippen LogP contribution >= 0.6 is 0 Å². The van der Waals surface area contributed by atoms with E-state index in [1.807, 2.05) is 0 Å². The number of piperidine rings is 1. The maximum atomic E-state index is 12.5. The fourth-order valence-corrected chi connectivity index (χ4v) is 2.89. The van der Waals surface area contributed by atoms with Gasteiger partial charge in [0.25, 0.3) is 0 Å². The largest absolute Gasteiger partial charge is 0.342 e. The molecule has 3 atom stereocenters. The van der Waals surface area contributed by atoms with E-state index in [-0.39, 0.29) is 12.0 Å².